The van der Waals surface area contributed by atoms with Crippen LogP contribution in [0.1, 0.15) is 15.9 Å². The zero-order valence-corrected chi connectivity index (χ0v) is 14.5. The quantitative estimate of drug-likeness (QED) is 0.764. The van der Waals surface area contributed by atoms with Gasteiger partial charge in [0.2, 0.25) is 0 Å². The van der Waals surface area contributed by atoms with Crippen LogP contribution >= 0.6 is 0 Å². The first-order valence-electron chi connectivity index (χ1n) is 8.01. The van der Waals surface area contributed by atoms with Gasteiger partial charge in [0.1, 0.15) is 31.2 Å². The largest absolute Gasteiger partial charge is 0.497 e. The molecule has 5 heteroatoms. The number of carbonyl (C=O) groups excluding carboxylic acids is 1. The molecule has 0 bridgehead atoms. The first kappa shape index (κ1) is 17.8. The third-order valence-electron chi connectivity index (χ3n) is 3.81. The van der Waals surface area contributed by atoms with Gasteiger partial charge < -0.3 is 19.7 Å². The molecule has 2 aromatic rings. The maximum Gasteiger partial charge on any atom is 0.251 e. The van der Waals surface area contributed by atoms with Crippen molar-refractivity contribution in [3.8, 4) is 11.5 Å². The number of hydrogen-bond donors (Lipinski definition) is 2. The van der Waals surface area contributed by atoms with Gasteiger partial charge in [0.15, 0.2) is 0 Å². The van der Waals surface area contributed by atoms with Crippen LogP contribution in [0.4, 0.5) is 0 Å². The number of hydrogen-bond acceptors (Lipinski definition) is 3. The predicted octanol–water partition coefficient (Wildman–Crippen LogP) is 1.15. The molecular formula is C19H25N2O3+. The predicted molar refractivity (Wildman–Crippen MR) is 93.8 cm³/mol. The average Bonchev–Trinajstić information content (AvgIpc) is 2.62. The van der Waals surface area contributed by atoms with E-state index in [2.05, 4.69) is 12.4 Å². The molecule has 0 fully saturated rings. The van der Waals surface area contributed by atoms with E-state index in [1.807, 2.05) is 48.5 Å². The molecule has 5 nitrogen and oxygen atoms in total. The number of likely N-dealkylation sites (N-methyl/N-ethyl adjacent to an activating group) is 1. The Morgan fingerprint density at radius 2 is 1.67 bits per heavy atom. The normalized spacial score (nSPS) is 11.6. The highest BCUT2D eigenvalue weighted by atomic mass is 16.5. The van der Waals surface area contributed by atoms with E-state index in [1.54, 1.807) is 14.2 Å². The molecule has 0 saturated carbocycles. The fourth-order valence-electron chi connectivity index (χ4n) is 2.37. The van der Waals surface area contributed by atoms with Crippen LogP contribution in [0.15, 0.2) is 48.5 Å². The van der Waals surface area contributed by atoms with E-state index < -0.39 is 0 Å². The monoisotopic (exact) mass is 329 g/mol. The average molecular weight is 329 g/mol. The second-order valence-corrected chi connectivity index (χ2v) is 5.68. The molecule has 2 N–H and O–H groups in total. The van der Waals surface area contributed by atoms with E-state index >= 15 is 0 Å². The summed E-state index contributed by atoms with van der Waals surface area (Å²) in [5.74, 6) is 1.61. The molecule has 24 heavy (non-hydrogen) atoms. The molecule has 0 spiro atoms. The van der Waals surface area contributed by atoms with E-state index in [0.717, 1.165) is 24.6 Å². The standard InChI is InChI=1S/C19H24N2O3/c1-20-19(22)16-6-4-15(5-7-16)14-21(2)12-13-24-18-10-8-17(23-3)9-11-18/h4-11H,12-14H2,1-3H3,(H,20,22)/p+1. The van der Waals surface area contributed by atoms with Crippen LogP contribution in [0.2, 0.25) is 0 Å². The molecule has 1 amide bonds. The zero-order valence-electron chi connectivity index (χ0n) is 14.5. The topological polar surface area (TPSA) is 52.0 Å². The Bertz CT molecular complexity index is 639. The van der Waals surface area contributed by atoms with Gasteiger partial charge in [0, 0.05) is 18.2 Å². The van der Waals surface area contributed by atoms with Crippen molar-refractivity contribution < 1.29 is 19.2 Å². The van der Waals surface area contributed by atoms with Gasteiger partial charge in [-0.25, -0.2) is 0 Å². The smallest absolute Gasteiger partial charge is 0.251 e. The van der Waals surface area contributed by atoms with E-state index in [-0.39, 0.29) is 5.91 Å². The van der Waals surface area contributed by atoms with E-state index in [1.165, 1.54) is 10.5 Å². The maximum absolute atomic E-state index is 11.5. The van der Waals surface area contributed by atoms with E-state index in [0.29, 0.717) is 12.2 Å². The lowest BCUT2D eigenvalue weighted by atomic mass is 10.1. The number of ether oxygens (including phenoxy) is 2. The first-order valence-corrected chi connectivity index (χ1v) is 8.01. The maximum atomic E-state index is 11.5. The van der Waals surface area contributed by atoms with Gasteiger partial charge in [-0.2, -0.15) is 0 Å². The Kier molecular flexibility index (Phi) is 6.63. The lowest BCUT2D eigenvalue weighted by molar-refractivity contribution is -0.893. The van der Waals surface area contributed by atoms with Crippen molar-refractivity contribution in [1.82, 2.24) is 5.32 Å². The van der Waals surface area contributed by atoms with Crippen molar-refractivity contribution in [2.75, 3.05) is 34.4 Å². The summed E-state index contributed by atoms with van der Waals surface area (Å²) < 4.78 is 10.9. The minimum atomic E-state index is -0.0601. The molecule has 128 valence electrons. The highest BCUT2D eigenvalue weighted by Gasteiger charge is 2.07. The summed E-state index contributed by atoms with van der Waals surface area (Å²) in [6.45, 7) is 2.43. The molecular weight excluding hydrogens is 304 g/mol. The number of quaternary nitrogens is 1. The highest BCUT2D eigenvalue weighted by Crippen LogP contribution is 2.16. The fourth-order valence-corrected chi connectivity index (χ4v) is 2.37. The third-order valence-corrected chi connectivity index (χ3v) is 3.81. The molecule has 2 aromatic carbocycles. The summed E-state index contributed by atoms with van der Waals surface area (Å²) in [7, 11) is 5.41. The number of amides is 1. The zero-order chi connectivity index (χ0) is 17.4. The van der Waals surface area contributed by atoms with Crippen LogP contribution in [0.25, 0.3) is 0 Å². The van der Waals surface area contributed by atoms with E-state index in [9.17, 15) is 4.79 Å². The van der Waals surface area contributed by atoms with Crippen LogP contribution in [-0.2, 0) is 6.54 Å². The number of benzene rings is 2. The van der Waals surface area contributed by atoms with Gasteiger partial charge in [-0.15, -0.1) is 0 Å². The lowest BCUT2D eigenvalue weighted by Gasteiger charge is -2.15. The van der Waals surface area contributed by atoms with Gasteiger partial charge in [0.25, 0.3) is 5.91 Å². The molecule has 0 aliphatic rings. The minimum Gasteiger partial charge on any atom is -0.497 e. The minimum absolute atomic E-state index is 0.0601. The van der Waals surface area contributed by atoms with Crippen molar-refractivity contribution in [2.45, 2.75) is 6.54 Å². The fraction of sp³-hybridized carbons (Fsp3) is 0.316. The van der Waals surface area contributed by atoms with Gasteiger partial charge in [0.05, 0.1) is 14.2 Å². The molecule has 0 aromatic heterocycles. The molecule has 1 atom stereocenters. The second kappa shape index (κ2) is 8.93. The molecule has 2 rings (SSSR count). The number of nitrogens with one attached hydrogen (secondary N) is 2. The number of carbonyl (C=O) groups is 1. The Morgan fingerprint density at radius 1 is 1.04 bits per heavy atom. The summed E-state index contributed by atoms with van der Waals surface area (Å²) >= 11 is 0. The van der Waals surface area contributed by atoms with Crippen molar-refractivity contribution >= 4 is 5.91 Å². The third kappa shape index (κ3) is 5.28. The van der Waals surface area contributed by atoms with Gasteiger partial charge in [-0.3, -0.25) is 4.79 Å². The first-order chi connectivity index (χ1) is 11.6. The van der Waals surface area contributed by atoms with E-state index in [4.69, 9.17) is 9.47 Å². The van der Waals surface area contributed by atoms with Crippen molar-refractivity contribution in [1.29, 1.82) is 0 Å². The van der Waals surface area contributed by atoms with Crippen LogP contribution in [0.5, 0.6) is 11.5 Å². The lowest BCUT2D eigenvalue weighted by Crippen LogP contribution is -3.08. The van der Waals surface area contributed by atoms with Crippen LogP contribution < -0.4 is 19.7 Å². The number of rotatable bonds is 8. The molecule has 0 heterocycles. The SMILES string of the molecule is CNC(=O)c1ccc(C[NH+](C)CCOc2ccc(OC)cc2)cc1. The summed E-state index contributed by atoms with van der Waals surface area (Å²) in [5, 5.41) is 2.62. The molecule has 0 aliphatic heterocycles. The Morgan fingerprint density at radius 3 is 2.25 bits per heavy atom. The molecule has 0 radical (unpaired) electrons. The summed E-state index contributed by atoms with van der Waals surface area (Å²) in [6, 6.07) is 15.3. The van der Waals surface area contributed by atoms with Crippen LogP contribution in [0, 0.1) is 0 Å². The van der Waals surface area contributed by atoms with Gasteiger partial charge in [-0.05, 0) is 36.4 Å². The summed E-state index contributed by atoms with van der Waals surface area (Å²) in [4.78, 5) is 12.9. The van der Waals surface area contributed by atoms with Crippen LogP contribution in [-0.4, -0.2) is 40.3 Å². The summed E-state index contributed by atoms with van der Waals surface area (Å²) in [6.07, 6.45) is 0. The Labute approximate surface area is 143 Å². The van der Waals surface area contributed by atoms with Crippen LogP contribution in [0.3, 0.4) is 0 Å². The summed E-state index contributed by atoms with van der Waals surface area (Å²) in [5.41, 5.74) is 1.88. The molecule has 0 saturated heterocycles. The highest BCUT2D eigenvalue weighted by molar-refractivity contribution is 5.93. The molecule has 1 unspecified atom stereocenters. The Hall–Kier alpha value is -2.53. The number of methoxy groups -OCH3 is 1. The van der Waals surface area contributed by atoms with Crippen molar-refractivity contribution in [2.24, 2.45) is 0 Å². The van der Waals surface area contributed by atoms with Gasteiger partial charge in [-0.1, -0.05) is 12.1 Å². The molecule has 0 aliphatic carbocycles. The van der Waals surface area contributed by atoms with Crippen molar-refractivity contribution in [3.05, 3.63) is 59.7 Å². The second-order valence-electron chi connectivity index (χ2n) is 5.68. The van der Waals surface area contributed by atoms with Crippen molar-refractivity contribution in [3.63, 3.8) is 0 Å². The Balaban J connectivity index is 1.76. The van der Waals surface area contributed by atoms with Gasteiger partial charge >= 0.3 is 0 Å².